The first-order chi connectivity index (χ1) is 8.22. The van der Waals surface area contributed by atoms with Gasteiger partial charge in [-0.05, 0) is 48.1 Å². The molecular formula is C12H13IN4. The maximum atomic E-state index is 4.54. The van der Waals surface area contributed by atoms with Crippen LogP contribution in [0.15, 0.2) is 24.7 Å². The first kappa shape index (κ1) is 12.2. The van der Waals surface area contributed by atoms with Crippen LogP contribution in [0.3, 0.4) is 0 Å². The fourth-order valence-electron chi connectivity index (χ4n) is 1.51. The Balaban J connectivity index is 2.46. The summed E-state index contributed by atoms with van der Waals surface area (Å²) in [7, 11) is 0. The molecule has 0 aliphatic heterocycles. The molecule has 0 aromatic carbocycles. The zero-order chi connectivity index (χ0) is 12.3. The number of aryl methyl sites for hydroxylation is 1. The topological polar surface area (TPSA) is 50.7 Å². The van der Waals surface area contributed by atoms with E-state index in [2.05, 4.69) is 49.8 Å². The zero-order valence-corrected chi connectivity index (χ0v) is 11.9. The van der Waals surface area contributed by atoms with Gasteiger partial charge >= 0.3 is 0 Å². The molecule has 0 aliphatic rings. The quantitative estimate of drug-likeness (QED) is 0.873. The Morgan fingerprint density at radius 1 is 1.35 bits per heavy atom. The van der Waals surface area contributed by atoms with E-state index in [0.717, 1.165) is 32.9 Å². The van der Waals surface area contributed by atoms with E-state index in [9.17, 15) is 0 Å². The molecule has 0 unspecified atom stereocenters. The monoisotopic (exact) mass is 340 g/mol. The molecule has 0 saturated carbocycles. The number of rotatable bonds is 3. The van der Waals surface area contributed by atoms with E-state index < -0.39 is 0 Å². The Labute approximate surface area is 114 Å². The number of hydrogen-bond acceptors (Lipinski definition) is 4. The summed E-state index contributed by atoms with van der Waals surface area (Å²) in [5, 5.41) is 3.23. The van der Waals surface area contributed by atoms with Crippen molar-refractivity contribution < 1.29 is 0 Å². The van der Waals surface area contributed by atoms with Gasteiger partial charge in [-0.1, -0.05) is 0 Å². The fraction of sp³-hybridized carbons (Fsp3) is 0.250. The Kier molecular flexibility index (Phi) is 3.88. The molecule has 4 nitrogen and oxygen atoms in total. The summed E-state index contributed by atoms with van der Waals surface area (Å²) in [6, 6.07) is 1.94. The lowest BCUT2D eigenvalue weighted by atomic mass is 10.1. The summed E-state index contributed by atoms with van der Waals surface area (Å²) in [5.74, 6) is 1.62. The molecule has 1 N–H and O–H groups in total. The second-order valence-electron chi connectivity index (χ2n) is 3.61. The molecule has 2 aromatic heterocycles. The number of pyridine rings is 1. The maximum Gasteiger partial charge on any atom is 0.161 e. The van der Waals surface area contributed by atoms with Gasteiger partial charge in [0, 0.05) is 30.7 Å². The molecule has 0 fully saturated rings. The number of nitrogens with one attached hydrogen (secondary N) is 1. The van der Waals surface area contributed by atoms with Crippen LogP contribution in [0, 0.1) is 10.5 Å². The summed E-state index contributed by atoms with van der Waals surface area (Å²) in [6.07, 6.45) is 5.42. The zero-order valence-electron chi connectivity index (χ0n) is 9.74. The van der Waals surface area contributed by atoms with Crippen LogP contribution in [0.2, 0.25) is 0 Å². The summed E-state index contributed by atoms with van der Waals surface area (Å²) >= 11 is 2.23. The van der Waals surface area contributed by atoms with Gasteiger partial charge in [0.2, 0.25) is 0 Å². The van der Waals surface area contributed by atoms with Crippen molar-refractivity contribution in [3.8, 4) is 11.4 Å². The molecule has 17 heavy (non-hydrogen) atoms. The van der Waals surface area contributed by atoms with Crippen LogP contribution in [-0.2, 0) is 0 Å². The predicted molar refractivity (Wildman–Crippen MR) is 76.9 cm³/mol. The highest BCUT2D eigenvalue weighted by Crippen LogP contribution is 2.22. The fourth-order valence-corrected chi connectivity index (χ4v) is 1.96. The molecule has 2 heterocycles. The minimum atomic E-state index is 0.737. The van der Waals surface area contributed by atoms with Crippen LogP contribution in [-0.4, -0.2) is 21.5 Å². The van der Waals surface area contributed by atoms with E-state index in [1.807, 2.05) is 25.4 Å². The van der Waals surface area contributed by atoms with Gasteiger partial charge in [0.25, 0.3) is 0 Å². The normalized spacial score (nSPS) is 10.3. The smallest absolute Gasteiger partial charge is 0.161 e. The highest BCUT2D eigenvalue weighted by Gasteiger charge is 2.08. The summed E-state index contributed by atoms with van der Waals surface area (Å²) in [5.41, 5.74) is 2.10. The lowest BCUT2D eigenvalue weighted by Gasteiger charge is -2.08. The third kappa shape index (κ3) is 2.71. The van der Waals surface area contributed by atoms with Crippen LogP contribution in [0.4, 0.5) is 5.82 Å². The van der Waals surface area contributed by atoms with E-state index in [-0.39, 0.29) is 0 Å². The van der Waals surface area contributed by atoms with Crippen molar-refractivity contribution in [2.45, 2.75) is 13.8 Å². The number of anilines is 1. The van der Waals surface area contributed by atoms with Crippen LogP contribution < -0.4 is 5.32 Å². The summed E-state index contributed by atoms with van der Waals surface area (Å²) in [4.78, 5) is 13.0. The average molecular weight is 340 g/mol. The maximum absolute atomic E-state index is 4.54. The molecule has 2 aromatic rings. The molecule has 0 bridgehead atoms. The Morgan fingerprint density at radius 2 is 2.18 bits per heavy atom. The number of halogens is 1. The second-order valence-corrected chi connectivity index (χ2v) is 4.77. The molecule has 88 valence electrons. The van der Waals surface area contributed by atoms with E-state index in [1.54, 1.807) is 6.20 Å². The number of nitrogens with zero attached hydrogens (tertiary/aromatic N) is 3. The van der Waals surface area contributed by atoms with Gasteiger partial charge in [-0.2, -0.15) is 0 Å². The van der Waals surface area contributed by atoms with E-state index >= 15 is 0 Å². The Bertz CT molecular complexity index is 528. The number of aromatic nitrogens is 3. The van der Waals surface area contributed by atoms with Crippen molar-refractivity contribution in [3.63, 3.8) is 0 Å². The van der Waals surface area contributed by atoms with Gasteiger partial charge < -0.3 is 5.32 Å². The third-order valence-corrected chi connectivity index (χ3v) is 3.14. The minimum Gasteiger partial charge on any atom is -0.369 e. The Hall–Kier alpha value is -1.24. The molecule has 0 atom stereocenters. The SMILES string of the molecule is CCNc1nc(-c2ccncc2C)ncc1I. The van der Waals surface area contributed by atoms with Crippen molar-refractivity contribution in [1.29, 1.82) is 0 Å². The highest BCUT2D eigenvalue weighted by molar-refractivity contribution is 14.1. The number of hydrogen-bond donors (Lipinski definition) is 1. The molecular weight excluding hydrogens is 327 g/mol. The molecule has 0 spiro atoms. The highest BCUT2D eigenvalue weighted by atomic mass is 127. The largest absolute Gasteiger partial charge is 0.369 e. The van der Waals surface area contributed by atoms with Gasteiger partial charge in [0.15, 0.2) is 5.82 Å². The van der Waals surface area contributed by atoms with Gasteiger partial charge in [0.05, 0.1) is 3.57 Å². The molecule has 0 amide bonds. The third-order valence-electron chi connectivity index (χ3n) is 2.35. The molecule has 5 heteroatoms. The van der Waals surface area contributed by atoms with Gasteiger partial charge in [-0.15, -0.1) is 0 Å². The molecule has 2 rings (SSSR count). The summed E-state index contributed by atoms with van der Waals surface area (Å²) < 4.78 is 1.03. The first-order valence-corrected chi connectivity index (χ1v) is 6.47. The lowest BCUT2D eigenvalue weighted by Crippen LogP contribution is -2.04. The van der Waals surface area contributed by atoms with Crippen LogP contribution in [0.1, 0.15) is 12.5 Å². The second kappa shape index (κ2) is 5.39. The van der Waals surface area contributed by atoms with Crippen LogP contribution >= 0.6 is 22.6 Å². The van der Waals surface area contributed by atoms with E-state index in [0.29, 0.717) is 0 Å². The molecule has 0 aliphatic carbocycles. The van der Waals surface area contributed by atoms with E-state index in [4.69, 9.17) is 0 Å². The minimum absolute atomic E-state index is 0.737. The Morgan fingerprint density at radius 3 is 2.88 bits per heavy atom. The summed E-state index contributed by atoms with van der Waals surface area (Å²) in [6.45, 7) is 4.91. The van der Waals surface area contributed by atoms with Gasteiger partial charge in [-0.25, -0.2) is 9.97 Å². The van der Waals surface area contributed by atoms with Gasteiger partial charge in [0.1, 0.15) is 5.82 Å². The van der Waals surface area contributed by atoms with Crippen LogP contribution in [0.25, 0.3) is 11.4 Å². The van der Waals surface area contributed by atoms with Crippen molar-refractivity contribution in [2.75, 3.05) is 11.9 Å². The average Bonchev–Trinajstić information content (AvgIpc) is 2.33. The molecule has 0 saturated heterocycles. The van der Waals surface area contributed by atoms with Crippen molar-refractivity contribution in [1.82, 2.24) is 15.0 Å². The van der Waals surface area contributed by atoms with E-state index in [1.165, 1.54) is 0 Å². The van der Waals surface area contributed by atoms with Gasteiger partial charge in [-0.3, -0.25) is 4.98 Å². The van der Waals surface area contributed by atoms with Crippen molar-refractivity contribution >= 4 is 28.4 Å². The lowest BCUT2D eigenvalue weighted by molar-refractivity contribution is 1.10. The van der Waals surface area contributed by atoms with Crippen molar-refractivity contribution in [2.24, 2.45) is 0 Å². The van der Waals surface area contributed by atoms with Crippen molar-refractivity contribution in [3.05, 3.63) is 33.8 Å². The molecule has 0 radical (unpaired) electrons. The van der Waals surface area contributed by atoms with Crippen LogP contribution in [0.5, 0.6) is 0 Å². The first-order valence-electron chi connectivity index (χ1n) is 5.39. The standard InChI is InChI=1S/C12H13IN4/c1-3-15-12-10(13)7-16-11(17-12)9-4-5-14-6-8(9)2/h4-7H,3H2,1-2H3,(H,15,16,17). The predicted octanol–water partition coefficient (Wildman–Crippen LogP) is 2.88.